The Kier molecular flexibility index (Phi) is 4.92. The summed E-state index contributed by atoms with van der Waals surface area (Å²) in [6, 6.07) is 10.2. The molecule has 0 radical (unpaired) electrons. The molecule has 24 heavy (non-hydrogen) atoms. The van der Waals surface area contributed by atoms with Crippen molar-refractivity contribution in [3.8, 4) is 0 Å². The molecule has 2 aliphatic carbocycles. The lowest BCUT2D eigenvalue weighted by atomic mass is 10.1. The number of hydrogen-bond donors (Lipinski definition) is 2. The van der Waals surface area contributed by atoms with Crippen LogP contribution in [-0.4, -0.2) is 23.7 Å². The standard InChI is InChI=1S/C18H21N3O2.ClH/c1-11-7-17(23-21-11)20-18(22)14-4-2-3-13(8-14)15-9-16(15)19-10-12-5-6-12;/h2-4,7-8,12,15-16,19H,5-6,9-10H2,1H3,(H,20,22);1H. The smallest absolute Gasteiger partial charge is 0.258 e. The van der Waals surface area contributed by atoms with Crippen LogP contribution in [-0.2, 0) is 0 Å². The van der Waals surface area contributed by atoms with Gasteiger partial charge in [-0.1, -0.05) is 17.3 Å². The van der Waals surface area contributed by atoms with E-state index in [1.165, 1.54) is 24.8 Å². The van der Waals surface area contributed by atoms with E-state index < -0.39 is 0 Å². The van der Waals surface area contributed by atoms with Crippen LogP contribution in [0.25, 0.3) is 0 Å². The van der Waals surface area contributed by atoms with Crippen LogP contribution in [0.4, 0.5) is 5.88 Å². The molecule has 0 aliphatic heterocycles. The monoisotopic (exact) mass is 347 g/mol. The molecular formula is C18H22ClN3O2. The van der Waals surface area contributed by atoms with Crippen molar-refractivity contribution in [2.24, 2.45) is 5.92 Å². The molecule has 1 heterocycles. The first-order valence-electron chi connectivity index (χ1n) is 8.27. The number of carbonyl (C=O) groups excluding carboxylic acids is 1. The quantitative estimate of drug-likeness (QED) is 0.839. The third-order valence-corrected chi connectivity index (χ3v) is 4.60. The molecule has 2 N–H and O–H groups in total. The number of nitrogens with zero attached hydrogens (tertiary/aromatic N) is 1. The van der Waals surface area contributed by atoms with Crippen LogP contribution in [0.3, 0.4) is 0 Å². The lowest BCUT2D eigenvalue weighted by Gasteiger charge is -2.06. The minimum Gasteiger partial charge on any atom is -0.338 e. The zero-order chi connectivity index (χ0) is 15.8. The summed E-state index contributed by atoms with van der Waals surface area (Å²) in [7, 11) is 0. The molecule has 2 atom stereocenters. The Labute approximate surface area is 147 Å². The largest absolute Gasteiger partial charge is 0.338 e. The molecule has 2 fully saturated rings. The number of carbonyl (C=O) groups is 1. The van der Waals surface area contributed by atoms with E-state index in [1.54, 1.807) is 6.07 Å². The van der Waals surface area contributed by atoms with Gasteiger partial charge >= 0.3 is 0 Å². The number of halogens is 1. The predicted octanol–water partition coefficient (Wildman–Crippen LogP) is 3.51. The van der Waals surface area contributed by atoms with Gasteiger partial charge in [0.1, 0.15) is 0 Å². The molecule has 4 rings (SSSR count). The Hall–Kier alpha value is -1.85. The highest BCUT2D eigenvalue weighted by atomic mass is 35.5. The van der Waals surface area contributed by atoms with E-state index in [-0.39, 0.29) is 18.3 Å². The van der Waals surface area contributed by atoms with E-state index in [2.05, 4.69) is 21.9 Å². The molecule has 0 spiro atoms. The van der Waals surface area contributed by atoms with Gasteiger partial charge in [0.25, 0.3) is 5.91 Å². The molecule has 0 bridgehead atoms. The maximum absolute atomic E-state index is 12.3. The van der Waals surface area contributed by atoms with Crippen molar-refractivity contribution < 1.29 is 9.32 Å². The molecule has 2 aromatic rings. The SMILES string of the molecule is Cc1cc(NC(=O)c2cccc(C3CC3NCC3CC3)c2)on1.Cl. The average molecular weight is 348 g/mol. The summed E-state index contributed by atoms with van der Waals surface area (Å²) in [5, 5.41) is 10.1. The first kappa shape index (κ1) is 17.0. The summed E-state index contributed by atoms with van der Waals surface area (Å²) in [5.41, 5.74) is 2.64. The van der Waals surface area contributed by atoms with Crippen molar-refractivity contribution in [2.75, 3.05) is 11.9 Å². The predicted molar refractivity (Wildman–Crippen MR) is 94.8 cm³/mol. The zero-order valence-electron chi connectivity index (χ0n) is 13.6. The maximum atomic E-state index is 12.3. The Morgan fingerprint density at radius 1 is 1.33 bits per heavy atom. The van der Waals surface area contributed by atoms with E-state index in [1.807, 2.05) is 25.1 Å². The van der Waals surface area contributed by atoms with E-state index in [0.29, 0.717) is 23.4 Å². The van der Waals surface area contributed by atoms with Crippen LogP contribution in [0.5, 0.6) is 0 Å². The highest BCUT2D eigenvalue weighted by Crippen LogP contribution is 2.41. The second-order valence-electron chi connectivity index (χ2n) is 6.71. The third-order valence-electron chi connectivity index (χ3n) is 4.60. The number of amides is 1. The fraction of sp³-hybridized carbons (Fsp3) is 0.444. The number of benzene rings is 1. The van der Waals surface area contributed by atoms with Gasteiger partial charge in [0.05, 0.1) is 5.69 Å². The summed E-state index contributed by atoms with van der Waals surface area (Å²) in [5.74, 6) is 1.66. The number of nitrogens with one attached hydrogen (secondary N) is 2. The van der Waals surface area contributed by atoms with Crippen LogP contribution in [0, 0.1) is 12.8 Å². The number of aryl methyl sites for hydroxylation is 1. The number of aromatic nitrogens is 1. The number of rotatable bonds is 6. The van der Waals surface area contributed by atoms with Crippen LogP contribution < -0.4 is 10.6 Å². The van der Waals surface area contributed by atoms with E-state index in [4.69, 9.17) is 4.52 Å². The zero-order valence-corrected chi connectivity index (χ0v) is 14.4. The van der Waals surface area contributed by atoms with Crippen LogP contribution >= 0.6 is 12.4 Å². The molecule has 0 saturated heterocycles. The van der Waals surface area contributed by atoms with Gasteiger partial charge in [0.2, 0.25) is 5.88 Å². The normalized spacial score (nSPS) is 21.9. The molecule has 1 amide bonds. The summed E-state index contributed by atoms with van der Waals surface area (Å²) < 4.78 is 5.03. The van der Waals surface area contributed by atoms with Gasteiger partial charge in [-0.25, -0.2) is 0 Å². The van der Waals surface area contributed by atoms with Crippen molar-refractivity contribution in [2.45, 2.75) is 38.1 Å². The van der Waals surface area contributed by atoms with Gasteiger partial charge in [0, 0.05) is 23.6 Å². The van der Waals surface area contributed by atoms with Crippen molar-refractivity contribution >= 4 is 24.2 Å². The molecule has 2 saturated carbocycles. The fourth-order valence-corrected chi connectivity index (χ4v) is 2.95. The average Bonchev–Trinajstić information content (AvgIpc) is 3.45. The van der Waals surface area contributed by atoms with E-state index >= 15 is 0 Å². The minimum absolute atomic E-state index is 0. The lowest BCUT2D eigenvalue weighted by molar-refractivity contribution is 0.102. The van der Waals surface area contributed by atoms with E-state index in [9.17, 15) is 4.79 Å². The molecule has 6 heteroatoms. The fourth-order valence-electron chi connectivity index (χ4n) is 2.95. The topological polar surface area (TPSA) is 67.2 Å². The first-order chi connectivity index (χ1) is 11.2. The Morgan fingerprint density at radius 2 is 2.17 bits per heavy atom. The Bertz CT molecular complexity index is 727. The second-order valence-corrected chi connectivity index (χ2v) is 6.71. The van der Waals surface area contributed by atoms with Gasteiger partial charge in [0.15, 0.2) is 0 Å². The molecule has 5 nitrogen and oxygen atoms in total. The van der Waals surface area contributed by atoms with Gasteiger partial charge in [-0.3, -0.25) is 10.1 Å². The minimum atomic E-state index is -0.161. The highest BCUT2D eigenvalue weighted by Gasteiger charge is 2.39. The van der Waals surface area contributed by atoms with Gasteiger partial charge < -0.3 is 9.84 Å². The molecule has 1 aromatic heterocycles. The molecule has 1 aromatic carbocycles. The molecule has 128 valence electrons. The summed E-state index contributed by atoms with van der Waals surface area (Å²) in [6.07, 6.45) is 3.92. The molecule has 2 unspecified atom stereocenters. The van der Waals surface area contributed by atoms with E-state index in [0.717, 1.165) is 18.2 Å². The van der Waals surface area contributed by atoms with Crippen LogP contribution in [0.2, 0.25) is 0 Å². The van der Waals surface area contributed by atoms with Gasteiger partial charge in [-0.05, 0) is 56.3 Å². The van der Waals surface area contributed by atoms with Gasteiger partial charge in [-0.2, -0.15) is 0 Å². The van der Waals surface area contributed by atoms with Crippen molar-refractivity contribution in [3.63, 3.8) is 0 Å². The van der Waals surface area contributed by atoms with Gasteiger partial charge in [-0.15, -0.1) is 12.4 Å². The summed E-state index contributed by atoms with van der Waals surface area (Å²) >= 11 is 0. The van der Waals surface area contributed by atoms with Crippen LogP contribution in [0.15, 0.2) is 34.9 Å². The van der Waals surface area contributed by atoms with Crippen molar-refractivity contribution in [3.05, 3.63) is 47.2 Å². The summed E-state index contributed by atoms with van der Waals surface area (Å²) in [6.45, 7) is 2.97. The maximum Gasteiger partial charge on any atom is 0.258 e. The molecular weight excluding hydrogens is 326 g/mol. The highest BCUT2D eigenvalue weighted by molar-refractivity contribution is 6.03. The summed E-state index contributed by atoms with van der Waals surface area (Å²) in [4.78, 5) is 12.3. The first-order valence-corrected chi connectivity index (χ1v) is 8.27. The van der Waals surface area contributed by atoms with Crippen molar-refractivity contribution in [1.82, 2.24) is 10.5 Å². The van der Waals surface area contributed by atoms with Crippen LogP contribution in [0.1, 0.15) is 46.8 Å². The lowest BCUT2D eigenvalue weighted by Crippen LogP contribution is -2.20. The Balaban J connectivity index is 0.00000169. The number of anilines is 1. The third kappa shape index (κ3) is 3.97. The van der Waals surface area contributed by atoms with Crippen molar-refractivity contribution in [1.29, 1.82) is 0 Å². The molecule has 2 aliphatic rings. The second kappa shape index (κ2) is 6.95. The Morgan fingerprint density at radius 3 is 2.88 bits per heavy atom. The number of hydrogen-bond acceptors (Lipinski definition) is 4.